The molecule has 0 aromatic rings. The zero-order valence-electron chi connectivity index (χ0n) is 9.03. The fourth-order valence-corrected chi connectivity index (χ4v) is 1.16. The van der Waals surface area contributed by atoms with E-state index in [0.717, 1.165) is 25.7 Å². The third kappa shape index (κ3) is 6.90. The molecule has 0 aromatic carbocycles. The first kappa shape index (κ1) is 13.9. The Morgan fingerprint density at radius 2 is 1.93 bits per heavy atom. The van der Waals surface area contributed by atoms with Gasteiger partial charge in [0.15, 0.2) is 0 Å². The normalized spacial score (nSPS) is 12.1. The average molecular weight is 217 g/mol. The van der Waals surface area contributed by atoms with Gasteiger partial charge in [0.2, 0.25) is 5.91 Å². The molecule has 0 fully saturated rings. The van der Waals surface area contributed by atoms with Gasteiger partial charge in [-0.15, -0.1) is 0 Å². The van der Waals surface area contributed by atoms with Gasteiger partial charge in [-0.2, -0.15) is 0 Å². The summed E-state index contributed by atoms with van der Waals surface area (Å²) < 4.78 is 0. The molecule has 0 aliphatic heterocycles. The van der Waals surface area contributed by atoms with Crippen LogP contribution in [0.15, 0.2) is 0 Å². The number of carbonyl (C=O) groups excluding carboxylic acids is 1. The molecule has 0 aliphatic rings. The molecule has 5 heteroatoms. The summed E-state index contributed by atoms with van der Waals surface area (Å²) in [4.78, 5) is 21.7. The fourth-order valence-electron chi connectivity index (χ4n) is 1.16. The molecule has 88 valence electrons. The van der Waals surface area contributed by atoms with Crippen molar-refractivity contribution in [3.8, 4) is 0 Å². The molecular formula is C10H19NO4. The predicted octanol–water partition coefficient (Wildman–Crippen LogP) is 0.518. The van der Waals surface area contributed by atoms with E-state index in [1.807, 2.05) is 0 Å². The van der Waals surface area contributed by atoms with E-state index in [4.69, 9.17) is 10.2 Å². The third-order valence-electron chi connectivity index (χ3n) is 2.07. The summed E-state index contributed by atoms with van der Waals surface area (Å²) in [5, 5.41) is 19.5. The van der Waals surface area contributed by atoms with E-state index in [2.05, 4.69) is 12.2 Å². The highest BCUT2D eigenvalue weighted by atomic mass is 16.4. The number of aliphatic hydroxyl groups is 1. The van der Waals surface area contributed by atoms with Gasteiger partial charge in [-0.05, 0) is 6.42 Å². The summed E-state index contributed by atoms with van der Waals surface area (Å²) in [6.45, 7) is 1.50. The maximum atomic E-state index is 11.2. The van der Waals surface area contributed by atoms with Crippen molar-refractivity contribution < 1.29 is 19.8 Å². The highest BCUT2D eigenvalue weighted by molar-refractivity contribution is 5.83. The predicted molar refractivity (Wildman–Crippen MR) is 55.4 cm³/mol. The van der Waals surface area contributed by atoms with Crippen molar-refractivity contribution in [3.63, 3.8) is 0 Å². The van der Waals surface area contributed by atoms with E-state index in [9.17, 15) is 9.59 Å². The largest absolute Gasteiger partial charge is 0.480 e. The number of nitrogens with one attached hydrogen (secondary N) is 1. The maximum absolute atomic E-state index is 11.2. The van der Waals surface area contributed by atoms with Crippen LogP contribution in [0.25, 0.3) is 0 Å². The number of hydrogen-bond donors (Lipinski definition) is 3. The smallest absolute Gasteiger partial charge is 0.328 e. The summed E-state index contributed by atoms with van der Waals surface area (Å²) in [7, 11) is 0. The molecule has 0 radical (unpaired) electrons. The van der Waals surface area contributed by atoms with Crippen LogP contribution in [-0.2, 0) is 9.59 Å². The van der Waals surface area contributed by atoms with E-state index in [-0.39, 0.29) is 5.91 Å². The Balaban J connectivity index is 3.67. The van der Waals surface area contributed by atoms with Gasteiger partial charge in [0.25, 0.3) is 0 Å². The Bertz CT molecular complexity index is 206. The van der Waals surface area contributed by atoms with Crippen LogP contribution in [0.2, 0.25) is 0 Å². The highest BCUT2D eigenvalue weighted by Crippen LogP contribution is 2.02. The minimum Gasteiger partial charge on any atom is -0.480 e. The Hall–Kier alpha value is -1.10. The Labute approximate surface area is 89.5 Å². The van der Waals surface area contributed by atoms with Gasteiger partial charge in [0, 0.05) is 6.42 Å². The van der Waals surface area contributed by atoms with E-state index in [1.54, 1.807) is 0 Å². The molecule has 0 aliphatic carbocycles. The van der Waals surface area contributed by atoms with Crippen LogP contribution < -0.4 is 5.32 Å². The van der Waals surface area contributed by atoms with E-state index in [1.165, 1.54) is 0 Å². The molecule has 0 heterocycles. The summed E-state index contributed by atoms with van der Waals surface area (Å²) in [5.74, 6) is -1.52. The van der Waals surface area contributed by atoms with E-state index < -0.39 is 18.6 Å². The van der Waals surface area contributed by atoms with Crippen molar-refractivity contribution >= 4 is 11.9 Å². The number of aliphatic carboxylic acids is 1. The van der Waals surface area contributed by atoms with Crippen LogP contribution in [0.4, 0.5) is 0 Å². The summed E-state index contributed by atoms with van der Waals surface area (Å²) in [5.41, 5.74) is 0. The van der Waals surface area contributed by atoms with Gasteiger partial charge in [0.1, 0.15) is 6.04 Å². The number of hydrogen-bond acceptors (Lipinski definition) is 3. The van der Waals surface area contributed by atoms with Gasteiger partial charge in [0.05, 0.1) is 6.61 Å². The summed E-state index contributed by atoms with van der Waals surface area (Å²) in [6.07, 6.45) is 4.23. The lowest BCUT2D eigenvalue weighted by atomic mass is 10.1. The van der Waals surface area contributed by atoms with Gasteiger partial charge < -0.3 is 15.5 Å². The first-order valence-electron chi connectivity index (χ1n) is 5.24. The topological polar surface area (TPSA) is 86.6 Å². The molecule has 5 nitrogen and oxygen atoms in total. The molecule has 3 N–H and O–H groups in total. The summed E-state index contributed by atoms with van der Waals surface area (Å²) in [6, 6.07) is -1.18. The number of unbranched alkanes of at least 4 members (excludes halogenated alkanes) is 3. The number of carboxylic acid groups (broad SMARTS) is 1. The molecule has 1 amide bonds. The molecule has 0 aromatic heterocycles. The molecular weight excluding hydrogens is 198 g/mol. The minimum absolute atomic E-state index is 0.312. The number of carboxylic acids is 1. The molecule has 0 bridgehead atoms. The molecule has 0 unspecified atom stereocenters. The lowest BCUT2D eigenvalue weighted by Gasteiger charge is -2.11. The van der Waals surface area contributed by atoms with Gasteiger partial charge in [-0.1, -0.05) is 26.2 Å². The maximum Gasteiger partial charge on any atom is 0.328 e. The second-order valence-corrected chi connectivity index (χ2v) is 3.45. The zero-order valence-corrected chi connectivity index (χ0v) is 9.03. The summed E-state index contributed by atoms with van der Waals surface area (Å²) >= 11 is 0. The van der Waals surface area contributed by atoms with Crippen LogP contribution in [0.5, 0.6) is 0 Å². The van der Waals surface area contributed by atoms with E-state index in [0.29, 0.717) is 6.42 Å². The second-order valence-electron chi connectivity index (χ2n) is 3.45. The minimum atomic E-state index is -1.21. The van der Waals surface area contributed by atoms with Crippen molar-refractivity contribution in [2.75, 3.05) is 6.61 Å². The molecule has 15 heavy (non-hydrogen) atoms. The molecule has 0 rings (SSSR count). The van der Waals surface area contributed by atoms with Crippen molar-refractivity contribution in [1.82, 2.24) is 5.32 Å². The highest BCUT2D eigenvalue weighted by Gasteiger charge is 2.17. The molecule has 0 spiro atoms. The first-order chi connectivity index (χ1) is 7.11. The SMILES string of the molecule is CCCCCCC(=O)N[C@@H](CO)C(=O)O. The van der Waals surface area contributed by atoms with Gasteiger partial charge in [-0.3, -0.25) is 4.79 Å². The number of carbonyl (C=O) groups is 2. The molecule has 1 atom stereocenters. The van der Waals surface area contributed by atoms with Gasteiger partial charge in [-0.25, -0.2) is 4.79 Å². The standard InChI is InChI=1S/C10H19NO4/c1-2-3-4-5-6-9(13)11-8(7-12)10(14)15/h8,12H,2-7H2,1H3,(H,11,13)(H,14,15)/t8-/m0/s1. The number of amides is 1. The molecule has 0 saturated heterocycles. The van der Waals surface area contributed by atoms with Crippen molar-refractivity contribution in [3.05, 3.63) is 0 Å². The zero-order chi connectivity index (χ0) is 11.7. The van der Waals surface area contributed by atoms with E-state index >= 15 is 0 Å². The lowest BCUT2D eigenvalue weighted by molar-refractivity contribution is -0.142. The van der Waals surface area contributed by atoms with Crippen LogP contribution in [-0.4, -0.2) is 34.7 Å². The van der Waals surface area contributed by atoms with Crippen LogP contribution in [0.3, 0.4) is 0 Å². The van der Waals surface area contributed by atoms with Crippen LogP contribution in [0.1, 0.15) is 39.0 Å². The average Bonchev–Trinajstić information content (AvgIpc) is 2.20. The Kier molecular flexibility index (Phi) is 7.62. The first-order valence-corrected chi connectivity index (χ1v) is 5.24. The third-order valence-corrected chi connectivity index (χ3v) is 2.07. The monoisotopic (exact) mass is 217 g/mol. The Morgan fingerprint density at radius 3 is 2.40 bits per heavy atom. The van der Waals surface area contributed by atoms with Crippen molar-refractivity contribution in [1.29, 1.82) is 0 Å². The second kappa shape index (κ2) is 8.23. The van der Waals surface area contributed by atoms with Gasteiger partial charge >= 0.3 is 5.97 Å². The van der Waals surface area contributed by atoms with Crippen LogP contribution >= 0.6 is 0 Å². The number of rotatable bonds is 8. The fraction of sp³-hybridized carbons (Fsp3) is 0.800. The quantitative estimate of drug-likeness (QED) is 0.517. The van der Waals surface area contributed by atoms with Crippen LogP contribution in [0, 0.1) is 0 Å². The van der Waals surface area contributed by atoms with Crippen molar-refractivity contribution in [2.45, 2.75) is 45.1 Å². The molecule has 0 saturated carbocycles. The Morgan fingerprint density at radius 1 is 1.27 bits per heavy atom. The number of aliphatic hydroxyl groups excluding tert-OH is 1. The van der Waals surface area contributed by atoms with Crippen molar-refractivity contribution in [2.24, 2.45) is 0 Å². The lowest BCUT2D eigenvalue weighted by Crippen LogP contribution is -2.43.